The van der Waals surface area contributed by atoms with E-state index in [1.165, 1.54) is 25.9 Å². The van der Waals surface area contributed by atoms with Gasteiger partial charge < -0.3 is 14.5 Å². The average Bonchev–Trinajstić information content (AvgIpc) is 2.18. The second-order valence-electron chi connectivity index (χ2n) is 4.84. The molecule has 80 valence electrons. The molecule has 3 nitrogen and oxygen atoms in total. The standard InChI is InChI=1S/C11H20N2O/c1-10-13(3)8-11(9-14-10)4-6-12(2)7-5-11/h1,4-9H2,2-3H3. The van der Waals surface area contributed by atoms with Crippen LogP contribution in [0.2, 0.25) is 0 Å². The molecule has 0 saturated carbocycles. The van der Waals surface area contributed by atoms with Crippen LogP contribution >= 0.6 is 0 Å². The van der Waals surface area contributed by atoms with Gasteiger partial charge in [0, 0.05) is 19.0 Å². The Labute approximate surface area is 86.3 Å². The molecule has 0 atom stereocenters. The van der Waals surface area contributed by atoms with Gasteiger partial charge in [-0.1, -0.05) is 0 Å². The molecule has 0 aromatic rings. The Morgan fingerprint density at radius 1 is 1.29 bits per heavy atom. The zero-order chi connectivity index (χ0) is 10.2. The van der Waals surface area contributed by atoms with Gasteiger partial charge in [-0.05, 0) is 39.6 Å². The molecule has 2 saturated heterocycles. The summed E-state index contributed by atoms with van der Waals surface area (Å²) in [5, 5.41) is 0. The van der Waals surface area contributed by atoms with Crippen molar-refractivity contribution in [1.29, 1.82) is 0 Å². The summed E-state index contributed by atoms with van der Waals surface area (Å²) in [4.78, 5) is 4.55. The summed E-state index contributed by atoms with van der Waals surface area (Å²) >= 11 is 0. The number of piperidine rings is 1. The third kappa shape index (κ3) is 1.73. The van der Waals surface area contributed by atoms with Gasteiger partial charge >= 0.3 is 0 Å². The maximum Gasteiger partial charge on any atom is 0.181 e. The highest BCUT2D eigenvalue weighted by Gasteiger charge is 2.38. The molecule has 2 aliphatic heterocycles. The molecule has 0 aromatic carbocycles. The van der Waals surface area contributed by atoms with Gasteiger partial charge in [-0.15, -0.1) is 0 Å². The van der Waals surface area contributed by atoms with Crippen LogP contribution in [-0.4, -0.2) is 50.1 Å². The van der Waals surface area contributed by atoms with Crippen LogP contribution in [0.1, 0.15) is 12.8 Å². The van der Waals surface area contributed by atoms with Gasteiger partial charge in [0.05, 0.1) is 6.61 Å². The number of hydrogen-bond donors (Lipinski definition) is 0. The first-order chi connectivity index (χ1) is 6.61. The van der Waals surface area contributed by atoms with E-state index in [4.69, 9.17) is 4.74 Å². The first kappa shape index (κ1) is 9.84. The Morgan fingerprint density at radius 3 is 2.50 bits per heavy atom. The molecule has 0 amide bonds. The predicted molar refractivity (Wildman–Crippen MR) is 56.9 cm³/mol. The Bertz CT molecular complexity index is 231. The highest BCUT2D eigenvalue weighted by molar-refractivity contribution is 4.96. The lowest BCUT2D eigenvalue weighted by Crippen LogP contribution is -2.50. The lowest BCUT2D eigenvalue weighted by Gasteiger charge is -2.46. The van der Waals surface area contributed by atoms with Gasteiger partial charge in [-0.3, -0.25) is 0 Å². The normalized spacial score (nSPS) is 27.9. The van der Waals surface area contributed by atoms with Crippen molar-refractivity contribution in [3.05, 3.63) is 12.5 Å². The summed E-state index contributed by atoms with van der Waals surface area (Å²) in [6.45, 7) is 8.25. The molecule has 2 fully saturated rings. The monoisotopic (exact) mass is 196 g/mol. The molecule has 2 heterocycles. The maximum absolute atomic E-state index is 5.63. The molecule has 0 bridgehead atoms. The number of ether oxygens (including phenoxy) is 1. The number of likely N-dealkylation sites (tertiary alicyclic amines) is 1. The second kappa shape index (κ2) is 3.46. The number of rotatable bonds is 0. The zero-order valence-electron chi connectivity index (χ0n) is 9.25. The van der Waals surface area contributed by atoms with Gasteiger partial charge in [-0.25, -0.2) is 0 Å². The molecule has 1 spiro atoms. The van der Waals surface area contributed by atoms with Crippen molar-refractivity contribution in [3.8, 4) is 0 Å². The summed E-state index contributed by atoms with van der Waals surface area (Å²) in [6.07, 6.45) is 2.50. The van der Waals surface area contributed by atoms with Crippen LogP contribution in [0, 0.1) is 5.41 Å². The van der Waals surface area contributed by atoms with Crippen molar-refractivity contribution in [2.75, 3.05) is 40.3 Å². The molecule has 0 unspecified atom stereocenters. The van der Waals surface area contributed by atoms with Gasteiger partial charge in [0.15, 0.2) is 5.88 Å². The molecule has 0 aliphatic carbocycles. The van der Waals surface area contributed by atoms with E-state index in [-0.39, 0.29) is 0 Å². The summed E-state index contributed by atoms with van der Waals surface area (Å²) in [5.41, 5.74) is 0.391. The van der Waals surface area contributed by atoms with Crippen LogP contribution in [0.5, 0.6) is 0 Å². The fourth-order valence-corrected chi connectivity index (χ4v) is 2.38. The average molecular weight is 196 g/mol. The largest absolute Gasteiger partial charge is 0.479 e. The fraction of sp³-hybridized carbons (Fsp3) is 0.818. The second-order valence-corrected chi connectivity index (χ2v) is 4.84. The number of nitrogens with zero attached hydrogens (tertiary/aromatic N) is 2. The smallest absolute Gasteiger partial charge is 0.181 e. The predicted octanol–water partition coefficient (Wildman–Crippen LogP) is 1.13. The lowest BCUT2D eigenvalue weighted by molar-refractivity contribution is -0.0513. The molecule has 2 rings (SSSR count). The minimum Gasteiger partial charge on any atom is -0.479 e. The third-order valence-corrected chi connectivity index (χ3v) is 3.59. The minimum atomic E-state index is 0.391. The minimum absolute atomic E-state index is 0.391. The van der Waals surface area contributed by atoms with E-state index in [0.29, 0.717) is 5.41 Å². The number of hydrogen-bond acceptors (Lipinski definition) is 3. The molecule has 0 N–H and O–H groups in total. The molecular weight excluding hydrogens is 176 g/mol. The molecule has 0 radical (unpaired) electrons. The van der Waals surface area contributed by atoms with E-state index in [1.807, 2.05) is 0 Å². The summed E-state index contributed by atoms with van der Waals surface area (Å²) in [7, 11) is 4.26. The SMILES string of the molecule is C=C1OCC2(CCN(C)CC2)CN1C. The molecule has 0 aromatic heterocycles. The van der Waals surface area contributed by atoms with Crippen molar-refractivity contribution >= 4 is 0 Å². The summed E-state index contributed by atoms with van der Waals surface area (Å²) in [5.74, 6) is 0.828. The van der Waals surface area contributed by atoms with Gasteiger partial charge in [0.1, 0.15) is 0 Å². The molecule has 2 aliphatic rings. The highest BCUT2D eigenvalue weighted by atomic mass is 16.5. The Balaban J connectivity index is 2.00. The molecular formula is C11H20N2O. The molecule has 14 heavy (non-hydrogen) atoms. The first-order valence-corrected chi connectivity index (χ1v) is 5.33. The topological polar surface area (TPSA) is 15.7 Å². The quantitative estimate of drug-likeness (QED) is 0.577. The summed E-state index contributed by atoms with van der Waals surface area (Å²) < 4.78 is 5.63. The van der Waals surface area contributed by atoms with Gasteiger partial charge in [0.25, 0.3) is 0 Å². The van der Waals surface area contributed by atoms with Crippen LogP contribution < -0.4 is 0 Å². The van der Waals surface area contributed by atoms with Gasteiger partial charge in [-0.2, -0.15) is 0 Å². The van der Waals surface area contributed by atoms with E-state index in [2.05, 4.69) is 30.5 Å². The third-order valence-electron chi connectivity index (χ3n) is 3.59. The van der Waals surface area contributed by atoms with Crippen LogP contribution in [-0.2, 0) is 4.74 Å². The van der Waals surface area contributed by atoms with Crippen molar-refractivity contribution in [1.82, 2.24) is 9.80 Å². The van der Waals surface area contributed by atoms with Crippen molar-refractivity contribution < 1.29 is 4.74 Å². The molecule has 3 heteroatoms. The van der Waals surface area contributed by atoms with Crippen LogP contribution in [0.4, 0.5) is 0 Å². The Hall–Kier alpha value is -0.700. The lowest BCUT2D eigenvalue weighted by atomic mass is 9.78. The maximum atomic E-state index is 5.63. The van der Waals surface area contributed by atoms with Crippen LogP contribution in [0.3, 0.4) is 0 Å². The van der Waals surface area contributed by atoms with E-state index >= 15 is 0 Å². The fourth-order valence-electron chi connectivity index (χ4n) is 2.38. The van der Waals surface area contributed by atoms with E-state index in [9.17, 15) is 0 Å². The Kier molecular flexibility index (Phi) is 2.43. The van der Waals surface area contributed by atoms with Gasteiger partial charge in [0.2, 0.25) is 0 Å². The highest BCUT2D eigenvalue weighted by Crippen LogP contribution is 2.36. The van der Waals surface area contributed by atoms with E-state index < -0.39 is 0 Å². The van der Waals surface area contributed by atoms with Crippen LogP contribution in [0.25, 0.3) is 0 Å². The van der Waals surface area contributed by atoms with Crippen molar-refractivity contribution in [2.45, 2.75) is 12.8 Å². The van der Waals surface area contributed by atoms with Crippen LogP contribution in [0.15, 0.2) is 12.5 Å². The zero-order valence-corrected chi connectivity index (χ0v) is 9.25. The van der Waals surface area contributed by atoms with Crippen molar-refractivity contribution in [3.63, 3.8) is 0 Å². The van der Waals surface area contributed by atoms with E-state index in [0.717, 1.165) is 19.0 Å². The summed E-state index contributed by atoms with van der Waals surface area (Å²) in [6, 6.07) is 0. The first-order valence-electron chi connectivity index (χ1n) is 5.33. The Morgan fingerprint density at radius 2 is 1.93 bits per heavy atom. The van der Waals surface area contributed by atoms with E-state index in [1.54, 1.807) is 0 Å². The van der Waals surface area contributed by atoms with Crippen molar-refractivity contribution in [2.24, 2.45) is 5.41 Å².